The average molecular weight is 129 g/mol. The SMILES string of the molecule is CC(C)/C(N)=C\C(=O)O. The average Bonchev–Trinajstić information content (AvgIpc) is 1.63. The summed E-state index contributed by atoms with van der Waals surface area (Å²) in [4.78, 5) is 9.96. The van der Waals surface area contributed by atoms with Gasteiger partial charge in [-0.15, -0.1) is 0 Å². The number of hydrogen-bond donors (Lipinski definition) is 2. The maximum absolute atomic E-state index is 9.96. The lowest BCUT2D eigenvalue weighted by Crippen LogP contribution is -2.07. The van der Waals surface area contributed by atoms with E-state index in [1.165, 1.54) is 0 Å². The maximum Gasteiger partial charge on any atom is 0.330 e. The van der Waals surface area contributed by atoms with Gasteiger partial charge in [-0.2, -0.15) is 0 Å². The smallest absolute Gasteiger partial charge is 0.330 e. The maximum atomic E-state index is 9.96. The van der Waals surface area contributed by atoms with Crippen molar-refractivity contribution in [3.63, 3.8) is 0 Å². The van der Waals surface area contributed by atoms with E-state index in [2.05, 4.69) is 0 Å². The highest BCUT2D eigenvalue weighted by atomic mass is 16.4. The Bertz CT molecular complexity index is 138. The third kappa shape index (κ3) is 3.58. The van der Waals surface area contributed by atoms with Crippen LogP contribution < -0.4 is 5.73 Å². The highest BCUT2D eigenvalue weighted by Gasteiger charge is 1.98. The van der Waals surface area contributed by atoms with Gasteiger partial charge in [-0.05, 0) is 5.92 Å². The molecular formula is C6H11NO2. The molecule has 3 heteroatoms. The van der Waals surface area contributed by atoms with Crippen LogP contribution in [0.25, 0.3) is 0 Å². The molecule has 0 aromatic carbocycles. The molecule has 0 aromatic heterocycles. The number of carboxylic acids is 1. The predicted octanol–water partition coefficient (Wildman–Crippen LogP) is 0.570. The van der Waals surface area contributed by atoms with E-state index in [0.717, 1.165) is 6.08 Å². The van der Waals surface area contributed by atoms with E-state index in [1.807, 2.05) is 13.8 Å². The fraction of sp³-hybridized carbons (Fsp3) is 0.500. The summed E-state index contributed by atoms with van der Waals surface area (Å²) in [5, 5.41) is 8.18. The standard InChI is InChI=1S/C6H11NO2/c1-4(2)5(7)3-6(8)9/h3-4H,7H2,1-2H3,(H,8,9)/b5-3+. The van der Waals surface area contributed by atoms with Gasteiger partial charge >= 0.3 is 5.97 Å². The normalized spacial score (nSPS) is 12.1. The van der Waals surface area contributed by atoms with Gasteiger partial charge in [0.25, 0.3) is 0 Å². The summed E-state index contributed by atoms with van der Waals surface area (Å²) < 4.78 is 0. The van der Waals surface area contributed by atoms with Gasteiger partial charge in [-0.3, -0.25) is 0 Å². The summed E-state index contributed by atoms with van der Waals surface area (Å²) in [7, 11) is 0. The summed E-state index contributed by atoms with van der Waals surface area (Å²) in [5.41, 5.74) is 5.70. The first-order chi connectivity index (χ1) is 4.04. The molecule has 0 fully saturated rings. The molecule has 0 aliphatic rings. The van der Waals surface area contributed by atoms with Crippen LogP contribution in [0.4, 0.5) is 0 Å². The van der Waals surface area contributed by atoms with E-state index in [1.54, 1.807) is 0 Å². The van der Waals surface area contributed by atoms with E-state index in [4.69, 9.17) is 10.8 Å². The van der Waals surface area contributed by atoms with Gasteiger partial charge in [0.05, 0.1) is 0 Å². The lowest BCUT2D eigenvalue weighted by molar-refractivity contribution is -0.131. The van der Waals surface area contributed by atoms with Crippen LogP contribution in [-0.4, -0.2) is 11.1 Å². The van der Waals surface area contributed by atoms with Crippen molar-refractivity contribution in [3.8, 4) is 0 Å². The quantitative estimate of drug-likeness (QED) is 0.536. The monoisotopic (exact) mass is 129 g/mol. The molecule has 0 saturated carbocycles. The Kier molecular flexibility index (Phi) is 2.78. The molecule has 52 valence electrons. The molecule has 0 bridgehead atoms. The fourth-order valence-electron chi connectivity index (χ4n) is 0.309. The highest BCUT2D eigenvalue weighted by Crippen LogP contribution is 2.00. The third-order valence-corrected chi connectivity index (χ3v) is 0.957. The van der Waals surface area contributed by atoms with Crippen LogP contribution in [-0.2, 0) is 4.79 Å². The van der Waals surface area contributed by atoms with Gasteiger partial charge in [-0.25, -0.2) is 4.79 Å². The van der Waals surface area contributed by atoms with E-state index in [9.17, 15) is 4.79 Å². The fourth-order valence-corrected chi connectivity index (χ4v) is 0.309. The number of hydrogen-bond acceptors (Lipinski definition) is 2. The molecule has 0 heterocycles. The minimum Gasteiger partial charge on any atom is -0.478 e. The number of carboxylic acid groups (broad SMARTS) is 1. The van der Waals surface area contributed by atoms with Crippen molar-refractivity contribution in [1.29, 1.82) is 0 Å². The van der Waals surface area contributed by atoms with Crippen molar-refractivity contribution in [2.24, 2.45) is 11.7 Å². The van der Waals surface area contributed by atoms with E-state index >= 15 is 0 Å². The highest BCUT2D eigenvalue weighted by molar-refractivity contribution is 5.80. The molecule has 0 amide bonds. The molecule has 9 heavy (non-hydrogen) atoms. The number of aliphatic carboxylic acids is 1. The topological polar surface area (TPSA) is 63.3 Å². The van der Waals surface area contributed by atoms with Crippen LogP contribution in [0, 0.1) is 5.92 Å². The molecule has 0 rings (SSSR count). The van der Waals surface area contributed by atoms with Crippen molar-refractivity contribution >= 4 is 5.97 Å². The van der Waals surface area contributed by atoms with Crippen LogP contribution >= 0.6 is 0 Å². The number of allylic oxidation sites excluding steroid dienone is 1. The van der Waals surface area contributed by atoms with Gasteiger partial charge < -0.3 is 10.8 Å². The molecule has 0 aliphatic heterocycles. The Hall–Kier alpha value is -0.990. The van der Waals surface area contributed by atoms with Crippen LogP contribution in [0.15, 0.2) is 11.8 Å². The molecule has 0 radical (unpaired) electrons. The second-order valence-electron chi connectivity index (χ2n) is 2.14. The molecule has 3 N–H and O–H groups in total. The minimum atomic E-state index is -0.985. The Morgan fingerprint density at radius 2 is 2.11 bits per heavy atom. The van der Waals surface area contributed by atoms with Crippen molar-refractivity contribution in [2.75, 3.05) is 0 Å². The summed E-state index contributed by atoms with van der Waals surface area (Å²) >= 11 is 0. The molecular weight excluding hydrogens is 118 g/mol. The number of nitrogens with two attached hydrogens (primary N) is 1. The molecule has 3 nitrogen and oxygen atoms in total. The molecule has 0 atom stereocenters. The molecule has 0 spiro atoms. The van der Waals surface area contributed by atoms with E-state index in [0.29, 0.717) is 5.70 Å². The zero-order chi connectivity index (χ0) is 7.44. The molecule has 0 aliphatic carbocycles. The minimum absolute atomic E-state index is 0.112. The summed E-state index contributed by atoms with van der Waals surface area (Å²) in [6, 6.07) is 0. The summed E-state index contributed by atoms with van der Waals surface area (Å²) in [6.45, 7) is 3.68. The Morgan fingerprint density at radius 1 is 1.67 bits per heavy atom. The Labute approximate surface area is 54.2 Å². The second-order valence-corrected chi connectivity index (χ2v) is 2.14. The summed E-state index contributed by atoms with van der Waals surface area (Å²) in [6.07, 6.45) is 1.02. The third-order valence-electron chi connectivity index (χ3n) is 0.957. The first-order valence-electron chi connectivity index (χ1n) is 2.74. The van der Waals surface area contributed by atoms with Crippen LogP contribution in [0.5, 0.6) is 0 Å². The molecule has 0 saturated heterocycles. The Morgan fingerprint density at radius 3 is 2.22 bits per heavy atom. The van der Waals surface area contributed by atoms with Gasteiger partial charge in [0.2, 0.25) is 0 Å². The van der Waals surface area contributed by atoms with Crippen LogP contribution in [0.1, 0.15) is 13.8 Å². The largest absolute Gasteiger partial charge is 0.478 e. The van der Waals surface area contributed by atoms with Crippen molar-refractivity contribution in [1.82, 2.24) is 0 Å². The lowest BCUT2D eigenvalue weighted by Gasteiger charge is -2.01. The number of rotatable bonds is 2. The zero-order valence-electron chi connectivity index (χ0n) is 5.59. The summed E-state index contributed by atoms with van der Waals surface area (Å²) in [5.74, 6) is -0.873. The predicted molar refractivity (Wildman–Crippen MR) is 34.7 cm³/mol. The Balaban J connectivity index is 4.00. The van der Waals surface area contributed by atoms with Crippen molar-refractivity contribution < 1.29 is 9.90 Å². The molecule has 0 aromatic rings. The van der Waals surface area contributed by atoms with Gasteiger partial charge in [0.15, 0.2) is 0 Å². The van der Waals surface area contributed by atoms with Crippen LogP contribution in [0.2, 0.25) is 0 Å². The van der Waals surface area contributed by atoms with Gasteiger partial charge in [0, 0.05) is 11.8 Å². The second kappa shape index (κ2) is 3.12. The van der Waals surface area contributed by atoms with Crippen LogP contribution in [0.3, 0.4) is 0 Å². The van der Waals surface area contributed by atoms with Gasteiger partial charge in [-0.1, -0.05) is 13.8 Å². The first-order valence-corrected chi connectivity index (χ1v) is 2.74. The zero-order valence-corrected chi connectivity index (χ0v) is 5.59. The van der Waals surface area contributed by atoms with Gasteiger partial charge in [0.1, 0.15) is 0 Å². The molecule has 0 unspecified atom stereocenters. The first kappa shape index (κ1) is 8.01. The van der Waals surface area contributed by atoms with Crippen molar-refractivity contribution in [3.05, 3.63) is 11.8 Å². The number of carbonyl (C=O) groups is 1. The van der Waals surface area contributed by atoms with Crippen molar-refractivity contribution in [2.45, 2.75) is 13.8 Å². The lowest BCUT2D eigenvalue weighted by atomic mass is 10.1. The van der Waals surface area contributed by atoms with E-state index in [-0.39, 0.29) is 5.92 Å². The van der Waals surface area contributed by atoms with E-state index < -0.39 is 5.97 Å².